The van der Waals surface area contributed by atoms with Crippen LogP contribution in [0, 0.1) is 13.8 Å². The molecular formula is C30H28N2O4S. The van der Waals surface area contributed by atoms with Crippen LogP contribution in [0.2, 0.25) is 0 Å². The van der Waals surface area contributed by atoms with E-state index in [-0.39, 0.29) is 11.3 Å². The van der Waals surface area contributed by atoms with Gasteiger partial charge in [0, 0.05) is 5.56 Å². The van der Waals surface area contributed by atoms with E-state index in [0.717, 1.165) is 34.2 Å². The van der Waals surface area contributed by atoms with Crippen molar-refractivity contribution in [2.75, 3.05) is 11.5 Å². The van der Waals surface area contributed by atoms with E-state index in [1.54, 1.807) is 24.3 Å². The lowest BCUT2D eigenvalue weighted by Crippen LogP contribution is -2.29. The third-order valence-corrected chi connectivity index (χ3v) is 7.46. The molecule has 4 aromatic rings. The Morgan fingerprint density at radius 3 is 2.59 bits per heavy atom. The number of ether oxygens (including phenoxy) is 1. The van der Waals surface area contributed by atoms with Crippen molar-refractivity contribution >= 4 is 44.1 Å². The molecule has 0 bridgehead atoms. The van der Waals surface area contributed by atoms with Gasteiger partial charge < -0.3 is 9.84 Å². The summed E-state index contributed by atoms with van der Waals surface area (Å²) in [6.45, 7) is 6.66. The van der Waals surface area contributed by atoms with Crippen LogP contribution in [0.3, 0.4) is 0 Å². The number of fused-ring (bicyclic) bond motifs is 1. The summed E-state index contributed by atoms with van der Waals surface area (Å²) >= 11 is 1.36. The number of aliphatic hydroxyl groups is 1. The van der Waals surface area contributed by atoms with Gasteiger partial charge in [-0.15, -0.1) is 0 Å². The highest BCUT2D eigenvalue weighted by atomic mass is 32.1. The van der Waals surface area contributed by atoms with Crippen LogP contribution < -0.4 is 9.64 Å². The molecule has 37 heavy (non-hydrogen) atoms. The lowest BCUT2D eigenvalue weighted by atomic mass is 9.95. The smallest absolute Gasteiger partial charge is 0.301 e. The van der Waals surface area contributed by atoms with Crippen LogP contribution in [0.4, 0.5) is 5.13 Å². The van der Waals surface area contributed by atoms with Crippen molar-refractivity contribution in [2.24, 2.45) is 0 Å². The van der Waals surface area contributed by atoms with Crippen LogP contribution in [0.15, 0.2) is 72.3 Å². The minimum absolute atomic E-state index is 0.0362. The molecular weight excluding hydrogens is 484 g/mol. The summed E-state index contributed by atoms with van der Waals surface area (Å²) in [6, 6.07) is 19.4. The second-order valence-corrected chi connectivity index (χ2v) is 10.2. The van der Waals surface area contributed by atoms with E-state index >= 15 is 0 Å². The summed E-state index contributed by atoms with van der Waals surface area (Å²) in [7, 11) is 0. The van der Waals surface area contributed by atoms with Crippen LogP contribution in [-0.2, 0) is 9.59 Å². The van der Waals surface area contributed by atoms with Crippen molar-refractivity contribution in [2.45, 2.75) is 39.7 Å². The number of unbranched alkanes of at least 4 members (excludes halogenated alkanes) is 1. The number of aromatic nitrogens is 1. The van der Waals surface area contributed by atoms with E-state index in [9.17, 15) is 14.7 Å². The zero-order chi connectivity index (χ0) is 26.1. The second kappa shape index (κ2) is 10.2. The fraction of sp³-hybridized carbons (Fsp3) is 0.233. The molecule has 1 fully saturated rings. The number of thiazole rings is 1. The Kier molecular flexibility index (Phi) is 6.80. The standard InChI is InChI=1S/C30H28N2O4S/c1-4-5-14-36-22-13-9-12-21(17-22)26-24(27(33)20-10-7-6-8-11-20)28(34)29(35)32(26)30-31-25-19(3)15-18(2)16-23(25)37-30/h6-13,15-17,26,33H,4-5,14H2,1-3H3/b27-24+. The van der Waals surface area contributed by atoms with Crippen LogP contribution in [-0.4, -0.2) is 28.4 Å². The molecule has 1 amide bonds. The quantitative estimate of drug-likeness (QED) is 0.129. The summed E-state index contributed by atoms with van der Waals surface area (Å²) in [5, 5.41) is 11.7. The Labute approximate surface area is 219 Å². The van der Waals surface area contributed by atoms with Gasteiger partial charge in [0.1, 0.15) is 11.5 Å². The van der Waals surface area contributed by atoms with Crippen molar-refractivity contribution in [3.05, 3.63) is 94.6 Å². The van der Waals surface area contributed by atoms with Crippen molar-refractivity contribution in [1.29, 1.82) is 0 Å². The first kappa shape index (κ1) is 24.7. The Hall–Kier alpha value is -3.97. The first-order valence-electron chi connectivity index (χ1n) is 12.4. The van der Waals surface area contributed by atoms with E-state index in [1.165, 1.54) is 16.2 Å². The van der Waals surface area contributed by atoms with Crippen LogP contribution in [0.1, 0.15) is 48.1 Å². The number of nitrogens with zero attached hydrogens (tertiary/aromatic N) is 2. The highest BCUT2D eigenvalue weighted by Crippen LogP contribution is 2.45. The number of Topliss-reactive ketones (excluding diaryl/α,β-unsaturated/α-hetero) is 1. The maximum absolute atomic E-state index is 13.5. The maximum Gasteiger partial charge on any atom is 0.301 e. The molecule has 1 unspecified atom stereocenters. The fourth-order valence-electron chi connectivity index (χ4n) is 4.67. The largest absolute Gasteiger partial charge is 0.507 e. The fourth-order valence-corrected chi connectivity index (χ4v) is 5.84. The molecule has 6 nitrogen and oxygen atoms in total. The van der Waals surface area contributed by atoms with Crippen LogP contribution in [0.25, 0.3) is 16.0 Å². The Morgan fingerprint density at radius 1 is 1.05 bits per heavy atom. The van der Waals surface area contributed by atoms with E-state index in [4.69, 9.17) is 9.72 Å². The molecule has 0 spiro atoms. The number of hydrogen-bond acceptors (Lipinski definition) is 6. The molecule has 0 saturated carbocycles. The maximum atomic E-state index is 13.5. The summed E-state index contributed by atoms with van der Waals surface area (Å²) in [5.41, 5.74) is 4.07. The molecule has 2 heterocycles. The number of carbonyl (C=O) groups is 2. The minimum Gasteiger partial charge on any atom is -0.507 e. The van der Waals surface area contributed by atoms with Gasteiger partial charge in [0.15, 0.2) is 5.13 Å². The van der Waals surface area contributed by atoms with E-state index in [1.807, 2.05) is 56.3 Å². The topological polar surface area (TPSA) is 79.7 Å². The van der Waals surface area contributed by atoms with Crippen molar-refractivity contribution in [3.63, 3.8) is 0 Å². The number of carbonyl (C=O) groups excluding carboxylic acids is 2. The molecule has 3 aromatic carbocycles. The molecule has 7 heteroatoms. The third-order valence-electron chi connectivity index (χ3n) is 6.46. The molecule has 0 aliphatic carbocycles. The van der Waals surface area contributed by atoms with Gasteiger partial charge in [-0.1, -0.05) is 73.2 Å². The predicted octanol–water partition coefficient (Wildman–Crippen LogP) is 6.72. The van der Waals surface area contributed by atoms with Gasteiger partial charge in [-0.25, -0.2) is 4.98 Å². The first-order chi connectivity index (χ1) is 17.9. The molecule has 5 rings (SSSR count). The number of hydrogen-bond donors (Lipinski definition) is 1. The van der Waals surface area contributed by atoms with Gasteiger partial charge in [-0.05, 0) is 55.2 Å². The monoisotopic (exact) mass is 512 g/mol. The van der Waals surface area contributed by atoms with Crippen LogP contribution in [0.5, 0.6) is 5.75 Å². The predicted molar refractivity (Wildman–Crippen MR) is 147 cm³/mol. The van der Waals surface area contributed by atoms with Crippen molar-refractivity contribution < 1.29 is 19.4 Å². The number of aliphatic hydroxyl groups excluding tert-OH is 1. The normalized spacial score (nSPS) is 17.1. The highest BCUT2D eigenvalue weighted by molar-refractivity contribution is 7.22. The number of aryl methyl sites for hydroxylation is 2. The van der Waals surface area contributed by atoms with E-state index in [0.29, 0.717) is 28.6 Å². The lowest BCUT2D eigenvalue weighted by molar-refractivity contribution is -0.132. The van der Waals surface area contributed by atoms with Gasteiger partial charge in [-0.2, -0.15) is 0 Å². The third kappa shape index (κ3) is 4.62. The molecule has 1 atom stereocenters. The van der Waals surface area contributed by atoms with E-state index in [2.05, 4.69) is 6.92 Å². The summed E-state index contributed by atoms with van der Waals surface area (Å²) in [4.78, 5) is 33.2. The number of anilines is 1. The second-order valence-electron chi connectivity index (χ2n) is 9.23. The Morgan fingerprint density at radius 2 is 1.84 bits per heavy atom. The average molecular weight is 513 g/mol. The Bertz CT molecular complexity index is 1520. The van der Waals surface area contributed by atoms with Gasteiger partial charge in [0.25, 0.3) is 5.78 Å². The van der Waals surface area contributed by atoms with Gasteiger partial charge in [-0.3, -0.25) is 14.5 Å². The molecule has 1 saturated heterocycles. The lowest BCUT2D eigenvalue weighted by Gasteiger charge is -2.23. The van der Waals surface area contributed by atoms with Gasteiger partial charge in [0.2, 0.25) is 0 Å². The molecule has 1 aliphatic rings. The highest BCUT2D eigenvalue weighted by Gasteiger charge is 2.48. The number of benzene rings is 3. The number of amides is 1. The van der Waals surface area contributed by atoms with Crippen LogP contribution >= 0.6 is 11.3 Å². The average Bonchev–Trinajstić information content (AvgIpc) is 3.43. The summed E-state index contributed by atoms with van der Waals surface area (Å²) < 4.78 is 6.86. The molecule has 1 aliphatic heterocycles. The SMILES string of the molecule is CCCCOc1cccc(C2/C(=C(\O)c3ccccc3)C(=O)C(=O)N2c2nc3c(C)cc(C)cc3s2)c1. The minimum atomic E-state index is -0.850. The molecule has 0 radical (unpaired) electrons. The summed E-state index contributed by atoms with van der Waals surface area (Å²) in [5.74, 6) is -1.02. The first-order valence-corrected chi connectivity index (χ1v) is 13.2. The van der Waals surface area contributed by atoms with E-state index < -0.39 is 17.7 Å². The summed E-state index contributed by atoms with van der Waals surface area (Å²) in [6.07, 6.45) is 1.93. The Balaban J connectivity index is 1.69. The van der Waals surface area contributed by atoms with Gasteiger partial charge in [0.05, 0.1) is 28.4 Å². The molecule has 1 N–H and O–H groups in total. The van der Waals surface area contributed by atoms with Gasteiger partial charge >= 0.3 is 5.91 Å². The van der Waals surface area contributed by atoms with Crippen molar-refractivity contribution in [1.82, 2.24) is 4.98 Å². The molecule has 188 valence electrons. The molecule has 1 aromatic heterocycles. The number of rotatable bonds is 7. The zero-order valence-corrected chi connectivity index (χ0v) is 21.8. The number of ketones is 1. The zero-order valence-electron chi connectivity index (χ0n) is 21.0. The van der Waals surface area contributed by atoms with Crippen molar-refractivity contribution in [3.8, 4) is 5.75 Å².